The number of anilines is 3. The van der Waals surface area contributed by atoms with Crippen LogP contribution in [0.25, 0.3) is 0 Å². The summed E-state index contributed by atoms with van der Waals surface area (Å²) >= 11 is 3.42. The summed E-state index contributed by atoms with van der Waals surface area (Å²) in [5, 5.41) is 14.0. The van der Waals surface area contributed by atoms with Gasteiger partial charge in [0.2, 0.25) is 0 Å². The molecule has 2 N–H and O–H groups in total. The van der Waals surface area contributed by atoms with Crippen molar-refractivity contribution in [3.63, 3.8) is 0 Å². The highest BCUT2D eigenvalue weighted by atomic mass is 79.9. The first-order chi connectivity index (χ1) is 11.6. The van der Waals surface area contributed by atoms with Crippen molar-refractivity contribution in [3.8, 4) is 0 Å². The molecule has 6 heteroatoms. The molecule has 0 aliphatic rings. The monoisotopic (exact) mass is 382 g/mol. The Kier molecular flexibility index (Phi) is 4.86. The minimum absolute atomic E-state index is 0.211. The second kappa shape index (κ2) is 7.23. The molecule has 1 heterocycles. The van der Waals surface area contributed by atoms with Gasteiger partial charge < -0.3 is 10.6 Å². The number of rotatable bonds is 4. The van der Waals surface area contributed by atoms with Crippen LogP contribution >= 0.6 is 15.9 Å². The summed E-state index contributed by atoms with van der Waals surface area (Å²) in [5.74, 6) is 0.791. The van der Waals surface area contributed by atoms with Crippen molar-refractivity contribution in [2.75, 3.05) is 10.6 Å². The Morgan fingerprint density at radius 2 is 1.67 bits per heavy atom. The number of halogens is 1. The van der Waals surface area contributed by atoms with Gasteiger partial charge in [-0.25, -0.2) is 0 Å². The molecule has 3 aromatic rings. The Labute approximate surface area is 148 Å². The van der Waals surface area contributed by atoms with Crippen LogP contribution in [0.1, 0.15) is 15.9 Å². The molecule has 0 aliphatic heterocycles. The van der Waals surface area contributed by atoms with Crippen LogP contribution in [-0.2, 0) is 0 Å². The third-order valence-electron chi connectivity index (χ3n) is 3.32. The maximum Gasteiger partial charge on any atom is 0.256 e. The van der Waals surface area contributed by atoms with Gasteiger partial charge in [-0.15, -0.1) is 10.2 Å². The van der Waals surface area contributed by atoms with Gasteiger partial charge >= 0.3 is 0 Å². The lowest BCUT2D eigenvalue weighted by Gasteiger charge is -2.07. The van der Waals surface area contributed by atoms with Crippen molar-refractivity contribution in [2.24, 2.45) is 0 Å². The highest BCUT2D eigenvalue weighted by Gasteiger charge is 2.07. The van der Waals surface area contributed by atoms with Gasteiger partial charge in [-0.2, -0.15) is 0 Å². The van der Waals surface area contributed by atoms with E-state index in [1.807, 2.05) is 43.3 Å². The molecule has 0 fully saturated rings. The molecule has 3 rings (SSSR count). The van der Waals surface area contributed by atoms with Crippen molar-refractivity contribution in [3.05, 3.63) is 76.3 Å². The second-order valence-electron chi connectivity index (χ2n) is 5.26. The van der Waals surface area contributed by atoms with E-state index in [1.165, 1.54) is 0 Å². The van der Waals surface area contributed by atoms with Crippen molar-refractivity contribution in [2.45, 2.75) is 6.92 Å². The number of benzene rings is 2. The van der Waals surface area contributed by atoms with E-state index in [4.69, 9.17) is 0 Å². The van der Waals surface area contributed by atoms with E-state index in [2.05, 4.69) is 36.8 Å². The molecule has 5 nitrogen and oxygen atoms in total. The SMILES string of the molecule is Cc1ccc(C(=O)Nc2ccc(Nc3cccc(Br)c3)nn2)cc1. The summed E-state index contributed by atoms with van der Waals surface area (Å²) in [7, 11) is 0. The van der Waals surface area contributed by atoms with Gasteiger partial charge in [-0.3, -0.25) is 4.79 Å². The summed E-state index contributed by atoms with van der Waals surface area (Å²) < 4.78 is 0.974. The number of nitrogens with zero attached hydrogens (tertiary/aromatic N) is 2. The number of amides is 1. The topological polar surface area (TPSA) is 66.9 Å². The van der Waals surface area contributed by atoms with Crippen molar-refractivity contribution < 1.29 is 4.79 Å². The fourth-order valence-electron chi connectivity index (χ4n) is 2.07. The van der Waals surface area contributed by atoms with Crippen molar-refractivity contribution in [1.29, 1.82) is 0 Å². The van der Waals surface area contributed by atoms with Gasteiger partial charge in [0.1, 0.15) is 0 Å². The maximum absolute atomic E-state index is 12.1. The van der Waals surface area contributed by atoms with Gasteiger partial charge in [0.05, 0.1) is 0 Å². The zero-order valence-electron chi connectivity index (χ0n) is 13.0. The molecule has 24 heavy (non-hydrogen) atoms. The third-order valence-corrected chi connectivity index (χ3v) is 3.81. The Morgan fingerprint density at radius 1 is 0.958 bits per heavy atom. The molecule has 1 aromatic heterocycles. The minimum Gasteiger partial charge on any atom is -0.339 e. The lowest BCUT2D eigenvalue weighted by molar-refractivity contribution is 0.102. The molecule has 2 aromatic carbocycles. The summed E-state index contributed by atoms with van der Waals surface area (Å²) in [4.78, 5) is 12.1. The molecule has 0 aliphatic carbocycles. The highest BCUT2D eigenvalue weighted by Crippen LogP contribution is 2.19. The highest BCUT2D eigenvalue weighted by molar-refractivity contribution is 9.10. The Morgan fingerprint density at radius 3 is 2.33 bits per heavy atom. The summed E-state index contributed by atoms with van der Waals surface area (Å²) in [6.07, 6.45) is 0. The summed E-state index contributed by atoms with van der Waals surface area (Å²) in [6, 6.07) is 18.6. The van der Waals surface area contributed by atoms with E-state index >= 15 is 0 Å². The van der Waals surface area contributed by atoms with Gasteiger partial charge in [0.25, 0.3) is 5.91 Å². The average Bonchev–Trinajstić information content (AvgIpc) is 2.57. The van der Waals surface area contributed by atoms with E-state index < -0.39 is 0 Å². The van der Waals surface area contributed by atoms with Crippen LogP contribution in [0.3, 0.4) is 0 Å². The van der Waals surface area contributed by atoms with Crippen molar-refractivity contribution >= 4 is 39.2 Å². The van der Waals surface area contributed by atoms with Crippen LogP contribution < -0.4 is 10.6 Å². The van der Waals surface area contributed by atoms with E-state index in [1.54, 1.807) is 24.3 Å². The van der Waals surface area contributed by atoms with Gasteiger partial charge in [0.15, 0.2) is 11.6 Å². The van der Waals surface area contributed by atoms with Crippen molar-refractivity contribution in [1.82, 2.24) is 10.2 Å². The van der Waals surface area contributed by atoms with Gasteiger partial charge in [0, 0.05) is 15.7 Å². The molecular weight excluding hydrogens is 368 g/mol. The third kappa shape index (κ3) is 4.17. The average molecular weight is 383 g/mol. The molecule has 0 spiro atoms. The van der Waals surface area contributed by atoms with Crippen LogP contribution in [0.2, 0.25) is 0 Å². The van der Waals surface area contributed by atoms with Crippen LogP contribution in [0.5, 0.6) is 0 Å². The molecule has 0 unspecified atom stereocenters. The summed E-state index contributed by atoms with van der Waals surface area (Å²) in [6.45, 7) is 1.98. The first-order valence-electron chi connectivity index (χ1n) is 7.34. The standard InChI is InChI=1S/C18H15BrN4O/c1-12-5-7-13(8-6-12)18(24)21-17-10-9-16(22-23-17)20-15-4-2-3-14(19)11-15/h2-11H,1H3,(H,20,22)(H,21,23,24). The second-order valence-corrected chi connectivity index (χ2v) is 6.17. The molecule has 0 bridgehead atoms. The normalized spacial score (nSPS) is 10.2. The number of carbonyl (C=O) groups is 1. The van der Waals surface area contributed by atoms with Crippen LogP contribution in [0, 0.1) is 6.92 Å². The fourth-order valence-corrected chi connectivity index (χ4v) is 2.47. The molecule has 1 amide bonds. The van der Waals surface area contributed by atoms with Crippen LogP contribution in [0.4, 0.5) is 17.3 Å². The maximum atomic E-state index is 12.1. The molecular formula is C18H15BrN4O. The van der Waals surface area contributed by atoms with E-state index in [0.717, 1.165) is 15.7 Å². The first-order valence-corrected chi connectivity index (χ1v) is 8.14. The zero-order valence-corrected chi connectivity index (χ0v) is 14.5. The minimum atomic E-state index is -0.211. The fraction of sp³-hybridized carbons (Fsp3) is 0.0556. The molecule has 0 saturated heterocycles. The number of carbonyl (C=O) groups excluding carboxylic acids is 1. The Bertz CT molecular complexity index is 848. The molecule has 120 valence electrons. The quantitative estimate of drug-likeness (QED) is 0.694. The lowest BCUT2D eigenvalue weighted by atomic mass is 10.1. The van der Waals surface area contributed by atoms with E-state index in [9.17, 15) is 4.79 Å². The van der Waals surface area contributed by atoms with E-state index in [0.29, 0.717) is 17.2 Å². The molecule has 0 radical (unpaired) electrons. The molecule has 0 saturated carbocycles. The van der Waals surface area contributed by atoms with E-state index in [-0.39, 0.29) is 5.91 Å². The number of nitrogens with one attached hydrogen (secondary N) is 2. The number of hydrogen-bond donors (Lipinski definition) is 2. The lowest BCUT2D eigenvalue weighted by Crippen LogP contribution is -2.13. The Hall–Kier alpha value is -2.73. The largest absolute Gasteiger partial charge is 0.339 e. The van der Waals surface area contributed by atoms with Gasteiger partial charge in [-0.05, 0) is 49.4 Å². The van der Waals surface area contributed by atoms with Gasteiger partial charge in [-0.1, -0.05) is 39.7 Å². The number of aromatic nitrogens is 2. The smallest absolute Gasteiger partial charge is 0.256 e. The number of hydrogen-bond acceptors (Lipinski definition) is 4. The first kappa shape index (κ1) is 16.1. The van der Waals surface area contributed by atoms with Crippen LogP contribution in [0.15, 0.2) is 65.1 Å². The molecule has 0 atom stereocenters. The van der Waals surface area contributed by atoms with Crippen LogP contribution in [-0.4, -0.2) is 16.1 Å². The predicted molar refractivity (Wildman–Crippen MR) is 98.6 cm³/mol. The summed E-state index contributed by atoms with van der Waals surface area (Å²) in [5.41, 5.74) is 2.59. The zero-order chi connectivity index (χ0) is 16.9. The number of aryl methyl sites for hydroxylation is 1. The predicted octanol–water partition coefficient (Wildman–Crippen LogP) is 4.54. The Balaban J connectivity index is 1.66.